The zero-order valence-corrected chi connectivity index (χ0v) is 10.0. The van der Waals surface area contributed by atoms with Crippen LogP contribution in [0.25, 0.3) is 11.0 Å². The molecule has 1 aromatic heterocycles. The highest BCUT2D eigenvalue weighted by Crippen LogP contribution is 2.23. The molecule has 1 aromatic carbocycles. The fourth-order valence-electron chi connectivity index (χ4n) is 2.22. The fourth-order valence-corrected chi connectivity index (χ4v) is 2.22. The lowest BCUT2D eigenvalue weighted by Gasteiger charge is -2.35. The minimum Gasteiger partial charge on any atom is -0.461 e. The van der Waals surface area contributed by atoms with E-state index in [2.05, 4.69) is 6.07 Å². The predicted molar refractivity (Wildman–Crippen MR) is 66.0 cm³/mol. The SMILES string of the molecule is Cc1cc2cc(C(=O)N3CC(C#N)C3)ccc2o1. The van der Waals surface area contributed by atoms with Crippen molar-refractivity contribution in [2.45, 2.75) is 6.92 Å². The first-order valence-corrected chi connectivity index (χ1v) is 5.86. The number of likely N-dealkylation sites (tertiary alicyclic amines) is 1. The smallest absolute Gasteiger partial charge is 0.253 e. The maximum absolute atomic E-state index is 12.1. The molecule has 4 heteroatoms. The van der Waals surface area contributed by atoms with Gasteiger partial charge in [-0.3, -0.25) is 4.79 Å². The van der Waals surface area contributed by atoms with E-state index in [1.54, 1.807) is 11.0 Å². The Morgan fingerprint density at radius 3 is 2.94 bits per heavy atom. The van der Waals surface area contributed by atoms with Crippen LogP contribution < -0.4 is 0 Å². The molecule has 0 aliphatic carbocycles. The Morgan fingerprint density at radius 1 is 1.44 bits per heavy atom. The zero-order chi connectivity index (χ0) is 12.7. The largest absolute Gasteiger partial charge is 0.461 e. The van der Waals surface area contributed by atoms with Gasteiger partial charge in [-0.25, -0.2) is 0 Å². The maximum atomic E-state index is 12.1. The number of carbonyl (C=O) groups is 1. The van der Waals surface area contributed by atoms with Gasteiger partial charge >= 0.3 is 0 Å². The van der Waals surface area contributed by atoms with Gasteiger partial charge in [-0.1, -0.05) is 0 Å². The van der Waals surface area contributed by atoms with Crippen LogP contribution in [0, 0.1) is 24.2 Å². The Hall–Kier alpha value is -2.28. The lowest BCUT2D eigenvalue weighted by atomic mass is 10.0. The number of rotatable bonds is 1. The molecule has 1 saturated heterocycles. The molecule has 4 nitrogen and oxygen atoms in total. The van der Waals surface area contributed by atoms with Gasteiger partial charge < -0.3 is 9.32 Å². The van der Waals surface area contributed by atoms with Gasteiger partial charge in [-0.15, -0.1) is 0 Å². The van der Waals surface area contributed by atoms with Crippen molar-refractivity contribution in [1.29, 1.82) is 5.26 Å². The third-order valence-corrected chi connectivity index (χ3v) is 3.24. The third kappa shape index (κ3) is 1.65. The highest BCUT2D eigenvalue weighted by molar-refractivity contribution is 5.98. The van der Waals surface area contributed by atoms with Crippen molar-refractivity contribution in [3.05, 3.63) is 35.6 Å². The van der Waals surface area contributed by atoms with Crippen LogP contribution in [0.2, 0.25) is 0 Å². The average molecular weight is 240 g/mol. The van der Waals surface area contributed by atoms with Crippen LogP contribution in [-0.4, -0.2) is 23.9 Å². The van der Waals surface area contributed by atoms with Crippen molar-refractivity contribution >= 4 is 16.9 Å². The van der Waals surface area contributed by atoms with Gasteiger partial charge in [-0.05, 0) is 31.2 Å². The summed E-state index contributed by atoms with van der Waals surface area (Å²) in [5.41, 5.74) is 1.45. The van der Waals surface area contributed by atoms with E-state index in [0.717, 1.165) is 16.7 Å². The molecule has 90 valence electrons. The zero-order valence-electron chi connectivity index (χ0n) is 10.0. The number of amides is 1. The molecule has 2 heterocycles. The van der Waals surface area contributed by atoms with Crippen molar-refractivity contribution in [2.75, 3.05) is 13.1 Å². The van der Waals surface area contributed by atoms with Crippen LogP contribution in [0.5, 0.6) is 0 Å². The summed E-state index contributed by atoms with van der Waals surface area (Å²) in [5, 5.41) is 9.64. The van der Waals surface area contributed by atoms with E-state index in [0.29, 0.717) is 18.7 Å². The van der Waals surface area contributed by atoms with Gasteiger partial charge in [0.25, 0.3) is 5.91 Å². The molecule has 0 bridgehead atoms. The highest BCUT2D eigenvalue weighted by Gasteiger charge is 2.31. The van der Waals surface area contributed by atoms with Crippen molar-refractivity contribution in [2.24, 2.45) is 5.92 Å². The Bertz CT molecular complexity index is 660. The van der Waals surface area contributed by atoms with Crippen molar-refractivity contribution in [3.63, 3.8) is 0 Å². The van der Waals surface area contributed by atoms with E-state index in [1.165, 1.54) is 0 Å². The molecule has 0 saturated carbocycles. The van der Waals surface area contributed by atoms with Crippen LogP contribution in [-0.2, 0) is 0 Å². The summed E-state index contributed by atoms with van der Waals surface area (Å²) in [5.74, 6) is 0.819. The second-order valence-corrected chi connectivity index (χ2v) is 4.65. The molecule has 1 aliphatic heterocycles. The van der Waals surface area contributed by atoms with Gasteiger partial charge in [0.2, 0.25) is 0 Å². The minimum absolute atomic E-state index is 0.00569. The Balaban J connectivity index is 1.86. The first-order valence-electron chi connectivity index (χ1n) is 5.86. The van der Waals surface area contributed by atoms with E-state index in [9.17, 15) is 4.79 Å². The molecular formula is C14H12N2O2. The van der Waals surface area contributed by atoms with Crippen molar-refractivity contribution < 1.29 is 9.21 Å². The van der Waals surface area contributed by atoms with Crippen LogP contribution in [0.1, 0.15) is 16.1 Å². The topological polar surface area (TPSA) is 57.2 Å². The molecule has 0 unspecified atom stereocenters. The molecule has 0 radical (unpaired) electrons. The number of fused-ring (bicyclic) bond motifs is 1. The van der Waals surface area contributed by atoms with Crippen LogP contribution in [0.15, 0.2) is 28.7 Å². The number of nitrogens with zero attached hydrogens (tertiary/aromatic N) is 2. The molecule has 18 heavy (non-hydrogen) atoms. The number of carbonyl (C=O) groups excluding carboxylic acids is 1. The minimum atomic E-state index is -0.0118. The van der Waals surface area contributed by atoms with Crippen LogP contribution >= 0.6 is 0 Å². The van der Waals surface area contributed by atoms with Gasteiger partial charge in [0, 0.05) is 24.0 Å². The van der Waals surface area contributed by atoms with E-state index in [-0.39, 0.29) is 11.8 Å². The number of hydrogen-bond acceptors (Lipinski definition) is 3. The van der Waals surface area contributed by atoms with E-state index in [4.69, 9.17) is 9.68 Å². The fraction of sp³-hybridized carbons (Fsp3) is 0.286. The maximum Gasteiger partial charge on any atom is 0.253 e. The number of furan rings is 1. The molecule has 0 spiro atoms. The van der Waals surface area contributed by atoms with Crippen molar-refractivity contribution in [3.8, 4) is 6.07 Å². The standard InChI is InChI=1S/C14H12N2O2/c1-9-4-12-5-11(2-3-13(12)18-9)14(17)16-7-10(6-15)8-16/h2-5,10H,7-8H2,1H3. The number of aryl methyl sites for hydroxylation is 1. The predicted octanol–water partition coefficient (Wildman–Crippen LogP) is 2.34. The first-order chi connectivity index (χ1) is 8.67. The summed E-state index contributed by atoms with van der Waals surface area (Å²) >= 11 is 0. The summed E-state index contributed by atoms with van der Waals surface area (Å²) in [7, 11) is 0. The summed E-state index contributed by atoms with van der Waals surface area (Å²) in [4.78, 5) is 13.8. The van der Waals surface area contributed by atoms with E-state index < -0.39 is 0 Å². The normalized spacial score (nSPS) is 15.4. The number of hydrogen-bond donors (Lipinski definition) is 0. The average Bonchev–Trinajstić information content (AvgIpc) is 2.66. The second-order valence-electron chi connectivity index (χ2n) is 4.65. The van der Waals surface area contributed by atoms with Gasteiger partial charge in [-0.2, -0.15) is 5.26 Å². The lowest BCUT2D eigenvalue weighted by Crippen LogP contribution is -2.49. The van der Waals surface area contributed by atoms with E-state index >= 15 is 0 Å². The second kappa shape index (κ2) is 3.88. The van der Waals surface area contributed by atoms with Gasteiger partial charge in [0.1, 0.15) is 11.3 Å². The number of nitriles is 1. The monoisotopic (exact) mass is 240 g/mol. The van der Waals surface area contributed by atoms with Crippen LogP contribution in [0.3, 0.4) is 0 Å². The molecule has 0 N–H and O–H groups in total. The summed E-state index contributed by atoms with van der Waals surface area (Å²) < 4.78 is 5.47. The van der Waals surface area contributed by atoms with Crippen molar-refractivity contribution in [1.82, 2.24) is 4.90 Å². The molecular weight excluding hydrogens is 228 g/mol. The van der Waals surface area contributed by atoms with E-state index in [1.807, 2.05) is 25.1 Å². The Labute approximate surface area is 104 Å². The Morgan fingerprint density at radius 2 is 2.22 bits per heavy atom. The lowest BCUT2D eigenvalue weighted by molar-refractivity contribution is 0.0577. The molecule has 1 amide bonds. The first kappa shape index (κ1) is 10.8. The molecule has 1 aliphatic rings. The Kier molecular flexibility index (Phi) is 2.34. The molecule has 3 rings (SSSR count). The number of benzene rings is 1. The summed E-state index contributed by atoms with van der Waals surface area (Å²) in [6.45, 7) is 2.96. The molecule has 0 atom stereocenters. The van der Waals surface area contributed by atoms with Gasteiger partial charge in [0.05, 0.1) is 12.0 Å². The summed E-state index contributed by atoms with van der Waals surface area (Å²) in [6.07, 6.45) is 0. The third-order valence-electron chi connectivity index (χ3n) is 3.24. The highest BCUT2D eigenvalue weighted by atomic mass is 16.3. The molecule has 1 fully saturated rings. The quantitative estimate of drug-likeness (QED) is 0.768. The molecule has 2 aromatic rings. The summed E-state index contributed by atoms with van der Waals surface area (Å²) in [6, 6.07) is 9.51. The van der Waals surface area contributed by atoms with Gasteiger partial charge in [0.15, 0.2) is 0 Å². The van der Waals surface area contributed by atoms with Crippen LogP contribution in [0.4, 0.5) is 0 Å².